The van der Waals surface area contributed by atoms with Crippen LogP contribution in [-0.2, 0) is 4.79 Å². The molecule has 8 heteroatoms. The highest BCUT2D eigenvalue weighted by Gasteiger charge is 2.31. The third-order valence-electron chi connectivity index (χ3n) is 3.87. The first-order valence-electron chi connectivity index (χ1n) is 7.65. The van der Waals surface area contributed by atoms with E-state index in [4.69, 9.17) is 47.0 Å². The van der Waals surface area contributed by atoms with Crippen molar-refractivity contribution in [3.05, 3.63) is 74.4 Å². The van der Waals surface area contributed by atoms with E-state index in [1.807, 2.05) is 0 Å². The minimum atomic E-state index is -0.507. The quantitative estimate of drug-likeness (QED) is 0.599. The summed E-state index contributed by atoms with van der Waals surface area (Å²) in [6, 6.07) is 11.6. The molecule has 1 atom stereocenters. The Morgan fingerprint density at radius 3 is 2.54 bits per heavy atom. The van der Waals surface area contributed by atoms with Gasteiger partial charge < -0.3 is 16.0 Å². The van der Waals surface area contributed by atoms with Crippen molar-refractivity contribution < 1.29 is 4.79 Å². The predicted octanol–water partition coefficient (Wildman–Crippen LogP) is 5.08. The minimum absolute atomic E-state index is 0.289. The van der Waals surface area contributed by atoms with Crippen molar-refractivity contribution in [1.82, 2.24) is 10.6 Å². The Bertz CT molecular complexity index is 930. The van der Waals surface area contributed by atoms with Crippen molar-refractivity contribution in [2.24, 2.45) is 0 Å². The average molecular weight is 427 g/mol. The van der Waals surface area contributed by atoms with Gasteiger partial charge in [-0.1, -0.05) is 46.9 Å². The standard InChI is InChI=1S/C18H14Cl3N3OS/c1-9-15(17(25)23-12-4-2-3-10(19)7-12)16(24-18(26)22-9)13-6-5-11(20)8-14(13)21/h2-8,16H,1H3,(H,23,25)(H2,22,24,26). The summed E-state index contributed by atoms with van der Waals surface area (Å²) >= 11 is 23.6. The number of benzene rings is 2. The average Bonchev–Trinajstić information content (AvgIpc) is 2.53. The lowest BCUT2D eigenvalue weighted by Crippen LogP contribution is -2.45. The summed E-state index contributed by atoms with van der Waals surface area (Å²) in [4.78, 5) is 13.0. The maximum absolute atomic E-state index is 13.0. The second-order valence-electron chi connectivity index (χ2n) is 5.70. The molecule has 0 aromatic heterocycles. The van der Waals surface area contributed by atoms with E-state index in [1.165, 1.54) is 0 Å². The monoisotopic (exact) mass is 425 g/mol. The highest BCUT2D eigenvalue weighted by atomic mass is 35.5. The van der Waals surface area contributed by atoms with Gasteiger partial charge in [-0.2, -0.15) is 0 Å². The first kappa shape index (κ1) is 19.0. The molecule has 3 N–H and O–H groups in total. The second-order valence-corrected chi connectivity index (χ2v) is 7.39. The molecule has 1 unspecified atom stereocenters. The Kier molecular flexibility index (Phi) is 5.73. The summed E-state index contributed by atoms with van der Waals surface area (Å²) in [5.41, 5.74) is 2.42. The molecule has 2 aromatic rings. The zero-order chi connectivity index (χ0) is 18.8. The molecule has 1 aliphatic heterocycles. The van der Waals surface area contributed by atoms with E-state index in [1.54, 1.807) is 49.4 Å². The molecule has 2 aromatic carbocycles. The fraction of sp³-hybridized carbons (Fsp3) is 0.111. The molecule has 1 aliphatic rings. The fourth-order valence-corrected chi connectivity index (χ4v) is 3.71. The maximum Gasteiger partial charge on any atom is 0.255 e. The molecule has 0 saturated carbocycles. The maximum atomic E-state index is 13.0. The van der Waals surface area contributed by atoms with Crippen molar-refractivity contribution in [2.75, 3.05) is 5.32 Å². The Balaban J connectivity index is 1.98. The zero-order valence-corrected chi connectivity index (χ0v) is 16.7. The van der Waals surface area contributed by atoms with Crippen LogP contribution in [0.5, 0.6) is 0 Å². The molecular formula is C18H14Cl3N3OS. The summed E-state index contributed by atoms with van der Waals surface area (Å²) in [7, 11) is 0. The SMILES string of the molecule is CC1=C(C(=O)Nc2cccc(Cl)c2)C(c2ccc(Cl)cc2Cl)NC(=S)N1. The molecule has 0 bridgehead atoms. The van der Waals surface area contributed by atoms with Crippen LogP contribution in [0.4, 0.5) is 5.69 Å². The van der Waals surface area contributed by atoms with Gasteiger partial charge >= 0.3 is 0 Å². The van der Waals surface area contributed by atoms with Gasteiger partial charge in [0.15, 0.2) is 5.11 Å². The molecule has 1 amide bonds. The van der Waals surface area contributed by atoms with Crippen molar-refractivity contribution in [1.29, 1.82) is 0 Å². The lowest BCUT2D eigenvalue weighted by molar-refractivity contribution is -0.113. The number of nitrogens with one attached hydrogen (secondary N) is 3. The van der Waals surface area contributed by atoms with Crippen LogP contribution in [0.3, 0.4) is 0 Å². The van der Waals surface area contributed by atoms with Crippen LogP contribution < -0.4 is 16.0 Å². The first-order valence-corrected chi connectivity index (χ1v) is 9.19. The van der Waals surface area contributed by atoms with E-state index < -0.39 is 6.04 Å². The van der Waals surface area contributed by atoms with Crippen molar-refractivity contribution in [2.45, 2.75) is 13.0 Å². The smallest absolute Gasteiger partial charge is 0.255 e. The van der Waals surface area contributed by atoms with Gasteiger partial charge in [0.1, 0.15) is 0 Å². The number of carbonyl (C=O) groups excluding carboxylic acids is 1. The number of hydrogen-bond acceptors (Lipinski definition) is 2. The molecule has 0 spiro atoms. The minimum Gasteiger partial charge on any atom is -0.351 e. The molecular weight excluding hydrogens is 413 g/mol. The zero-order valence-electron chi connectivity index (χ0n) is 13.6. The Morgan fingerprint density at radius 2 is 1.85 bits per heavy atom. The van der Waals surface area contributed by atoms with Crippen LogP contribution in [0.15, 0.2) is 53.7 Å². The molecule has 3 rings (SSSR count). The summed E-state index contributed by atoms with van der Waals surface area (Å²) in [6.45, 7) is 1.79. The molecule has 134 valence electrons. The Morgan fingerprint density at radius 1 is 1.12 bits per heavy atom. The van der Waals surface area contributed by atoms with Gasteiger partial charge in [0.25, 0.3) is 5.91 Å². The van der Waals surface area contributed by atoms with Gasteiger partial charge in [-0.3, -0.25) is 4.79 Å². The number of halogens is 3. The highest BCUT2D eigenvalue weighted by molar-refractivity contribution is 7.80. The number of allylic oxidation sites excluding steroid dienone is 1. The number of hydrogen-bond donors (Lipinski definition) is 3. The summed E-state index contributed by atoms with van der Waals surface area (Å²) < 4.78 is 0. The van der Waals surface area contributed by atoms with Crippen LogP contribution in [0, 0.1) is 0 Å². The normalized spacial score (nSPS) is 16.8. The van der Waals surface area contributed by atoms with E-state index in [2.05, 4.69) is 16.0 Å². The highest BCUT2D eigenvalue weighted by Crippen LogP contribution is 2.33. The van der Waals surface area contributed by atoms with E-state index in [9.17, 15) is 4.79 Å². The second kappa shape index (κ2) is 7.84. The molecule has 26 heavy (non-hydrogen) atoms. The van der Waals surface area contributed by atoms with Crippen molar-refractivity contribution in [3.8, 4) is 0 Å². The van der Waals surface area contributed by atoms with Gasteiger partial charge in [0.05, 0.1) is 11.6 Å². The van der Waals surface area contributed by atoms with Crippen molar-refractivity contribution in [3.63, 3.8) is 0 Å². The van der Waals surface area contributed by atoms with E-state index in [0.717, 1.165) is 0 Å². The van der Waals surface area contributed by atoms with E-state index in [0.29, 0.717) is 42.7 Å². The van der Waals surface area contributed by atoms with Crippen LogP contribution in [0.1, 0.15) is 18.5 Å². The predicted molar refractivity (Wildman–Crippen MR) is 111 cm³/mol. The van der Waals surface area contributed by atoms with Crippen LogP contribution in [0.2, 0.25) is 15.1 Å². The number of amides is 1. The Labute approximate surface area is 171 Å². The topological polar surface area (TPSA) is 53.2 Å². The third-order valence-corrected chi connectivity index (χ3v) is 4.89. The van der Waals surface area contributed by atoms with Crippen LogP contribution in [-0.4, -0.2) is 11.0 Å². The van der Waals surface area contributed by atoms with Crippen LogP contribution >= 0.6 is 47.0 Å². The summed E-state index contributed by atoms with van der Waals surface area (Å²) in [5, 5.41) is 10.8. The molecule has 0 fully saturated rings. The van der Waals surface area contributed by atoms with E-state index in [-0.39, 0.29) is 5.91 Å². The Hall–Kier alpha value is -1.79. The van der Waals surface area contributed by atoms with Gasteiger partial charge in [0.2, 0.25) is 0 Å². The summed E-state index contributed by atoms with van der Waals surface area (Å²) in [5.74, 6) is -0.289. The third kappa shape index (κ3) is 4.13. The number of carbonyl (C=O) groups is 1. The van der Waals surface area contributed by atoms with E-state index >= 15 is 0 Å². The molecule has 4 nitrogen and oxygen atoms in total. The lowest BCUT2D eigenvalue weighted by Gasteiger charge is -2.31. The molecule has 0 saturated heterocycles. The van der Waals surface area contributed by atoms with Crippen LogP contribution in [0.25, 0.3) is 0 Å². The molecule has 0 radical (unpaired) electrons. The van der Waals surface area contributed by atoms with Gasteiger partial charge in [0, 0.05) is 26.5 Å². The molecule has 0 aliphatic carbocycles. The van der Waals surface area contributed by atoms with Crippen molar-refractivity contribution >= 4 is 63.7 Å². The summed E-state index contributed by atoms with van der Waals surface area (Å²) in [6.07, 6.45) is 0. The van der Waals surface area contributed by atoms with Gasteiger partial charge in [-0.25, -0.2) is 0 Å². The number of rotatable bonds is 3. The fourth-order valence-electron chi connectivity index (χ4n) is 2.73. The first-order chi connectivity index (χ1) is 12.3. The largest absolute Gasteiger partial charge is 0.351 e. The van der Waals surface area contributed by atoms with Gasteiger partial charge in [-0.15, -0.1) is 0 Å². The number of anilines is 1. The lowest BCUT2D eigenvalue weighted by atomic mass is 9.95. The van der Waals surface area contributed by atoms with Gasteiger partial charge in [-0.05, 0) is 55.0 Å². The molecule has 1 heterocycles. The number of thiocarbonyl (C=S) groups is 1.